The molecule has 1 aliphatic rings. The summed E-state index contributed by atoms with van der Waals surface area (Å²) >= 11 is 0. The van der Waals surface area contributed by atoms with Crippen molar-refractivity contribution in [3.05, 3.63) is 65.6 Å². The third kappa shape index (κ3) is 4.50. The molecular formula is C23H19F3N4O3. The van der Waals surface area contributed by atoms with Gasteiger partial charge >= 0.3 is 6.18 Å². The number of methoxy groups -OCH3 is 1. The highest BCUT2D eigenvalue weighted by atomic mass is 19.4. The largest absolute Gasteiger partial charge is 0.480 e. The number of halogens is 3. The predicted octanol–water partition coefficient (Wildman–Crippen LogP) is 4.01. The summed E-state index contributed by atoms with van der Waals surface area (Å²) in [5.41, 5.74) is 2.13. The van der Waals surface area contributed by atoms with Gasteiger partial charge in [-0.05, 0) is 43.3 Å². The van der Waals surface area contributed by atoms with E-state index in [-0.39, 0.29) is 24.6 Å². The van der Waals surface area contributed by atoms with Gasteiger partial charge < -0.3 is 15.0 Å². The van der Waals surface area contributed by atoms with Crippen LogP contribution in [-0.2, 0) is 22.2 Å². The molecule has 0 saturated carbocycles. The lowest BCUT2D eigenvalue weighted by Gasteiger charge is -2.24. The first-order valence-electron chi connectivity index (χ1n) is 9.94. The Labute approximate surface area is 187 Å². The normalized spacial score (nSPS) is 13.1. The van der Waals surface area contributed by atoms with Crippen molar-refractivity contribution in [1.82, 2.24) is 9.97 Å². The predicted molar refractivity (Wildman–Crippen MR) is 115 cm³/mol. The fourth-order valence-electron chi connectivity index (χ4n) is 3.68. The monoisotopic (exact) mass is 456 g/mol. The van der Waals surface area contributed by atoms with Crippen LogP contribution >= 0.6 is 0 Å². The summed E-state index contributed by atoms with van der Waals surface area (Å²) < 4.78 is 43.8. The number of pyridine rings is 2. The first-order chi connectivity index (χ1) is 15.7. The SMILES string of the molecule is COc1nc(C)cc2c1-c1cccnc1CC(=O)N2CC(=O)Nc1ccc(C(F)(F)F)cc1. The van der Waals surface area contributed by atoms with E-state index in [4.69, 9.17) is 4.74 Å². The second-order valence-electron chi connectivity index (χ2n) is 7.44. The van der Waals surface area contributed by atoms with E-state index in [1.54, 1.807) is 31.3 Å². The highest BCUT2D eigenvalue weighted by molar-refractivity contribution is 6.08. The molecule has 0 fully saturated rings. The number of ether oxygens (including phenoxy) is 1. The average Bonchev–Trinajstić information content (AvgIpc) is 2.87. The van der Waals surface area contributed by atoms with Gasteiger partial charge in [0.15, 0.2) is 0 Å². The molecule has 2 aromatic heterocycles. The van der Waals surface area contributed by atoms with Gasteiger partial charge in [-0.3, -0.25) is 14.6 Å². The number of nitrogens with zero attached hydrogens (tertiary/aromatic N) is 3. The summed E-state index contributed by atoms with van der Waals surface area (Å²) in [5, 5.41) is 2.54. The van der Waals surface area contributed by atoms with Gasteiger partial charge in [-0.15, -0.1) is 0 Å². The first kappa shape index (κ1) is 22.3. The lowest BCUT2D eigenvalue weighted by Crippen LogP contribution is -2.38. The van der Waals surface area contributed by atoms with Gasteiger partial charge in [0.05, 0.1) is 36.0 Å². The summed E-state index contributed by atoms with van der Waals surface area (Å²) in [6, 6.07) is 9.31. The van der Waals surface area contributed by atoms with Gasteiger partial charge in [-0.2, -0.15) is 13.2 Å². The highest BCUT2D eigenvalue weighted by Crippen LogP contribution is 2.41. The van der Waals surface area contributed by atoms with Gasteiger partial charge in [0.2, 0.25) is 17.7 Å². The Morgan fingerprint density at radius 1 is 1.21 bits per heavy atom. The summed E-state index contributed by atoms with van der Waals surface area (Å²) in [6.07, 6.45) is -2.94. The molecule has 4 rings (SSSR count). The number of hydrogen-bond donors (Lipinski definition) is 1. The number of nitrogens with one attached hydrogen (secondary N) is 1. The minimum atomic E-state index is -4.47. The second-order valence-corrected chi connectivity index (χ2v) is 7.44. The zero-order chi connectivity index (χ0) is 23.8. The maximum atomic E-state index is 13.1. The molecule has 0 saturated heterocycles. The van der Waals surface area contributed by atoms with Crippen LogP contribution in [0, 0.1) is 6.92 Å². The van der Waals surface area contributed by atoms with Gasteiger partial charge in [0.25, 0.3) is 0 Å². The van der Waals surface area contributed by atoms with Crippen LogP contribution in [0.1, 0.15) is 17.0 Å². The summed E-state index contributed by atoms with van der Waals surface area (Å²) in [5.74, 6) is -0.632. The first-order valence-corrected chi connectivity index (χ1v) is 9.94. The average molecular weight is 456 g/mol. The van der Waals surface area contributed by atoms with Crippen molar-refractivity contribution in [2.24, 2.45) is 0 Å². The smallest absolute Gasteiger partial charge is 0.416 e. The molecule has 10 heteroatoms. The van der Waals surface area contributed by atoms with Crippen molar-refractivity contribution in [2.45, 2.75) is 19.5 Å². The van der Waals surface area contributed by atoms with Crippen molar-refractivity contribution >= 4 is 23.2 Å². The van der Waals surface area contributed by atoms with Crippen molar-refractivity contribution in [3.63, 3.8) is 0 Å². The van der Waals surface area contributed by atoms with Crippen molar-refractivity contribution < 1.29 is 27.5 Å². The third-order valence-electron chi connectivity index (χ3n) is 5.15. The Hall–Kier alpha value is -3.95. The fourth-order valence-corrected chi connectivity index (χ4v) is 3.68. The topological polar surface area (TPSA) is 84.4 Å². The van der Waals surface area contributed by atoms with Crippen LogP contribution in [0.3, 0.4) is 0 Å². The highest BCUT2D eigenvalue weighted by Gasteiger charge is 2.32. The number of carbonyl (C=O) groups is 2. The van der Waals surface area contributed by atoms with Crippen LogP contribution in [0.4, 0.5) is 24.5 Å². The summed E-state index contributed by atoms with van der Waals surface area (Å²) in [7, 11) is 1.46. The van der Waals surface area contributed by atoms with E-state index < -0.39 is 17.6 Å². The molecule has 0 spiro atoms. The molecule has 33 heavy (non-hydrogen) atoms. The maximum absolute atomic E-state index is 13.1. The molecule has 1 aliphatic heterocycles. The molecule has 1 aromatic carbocycles. The Kier molecular flexibility index (Phi) is 5.75. The Balaban J connectivity index is 1.66. The Bertz CT molecular complexity index is 1230. The van der Waals surface area contributed by atoms with Gasteiger partial charge in [-0.25, -0.2) is 4.98 Å². The number of hydrogen-bond acceptors (Lipinski definition) is 5. The molecule has 0 unspecified atom stereocenters. The van der Waals surface area contributed by atoms with Crippen LogP contribution in [-0.4, -0.2) is 35.4 Å². The summed E-state index contributed by atoms with van der Waals surface area (Å²) in [4.78, 5) is 35.9. The number of anilines is 2. The molecule has 2 amide bonds. The number of benzene rings is 1. The van der Waals surface area contributed by atoms with E-state index in [9.17, 15) is 22.8 Å². The van der Waals surface area contributed by atoms with E-state index in [1.165, 1.54) is 12.0 Å². The number of rotatable bonds is 4. The molecule has 0 aliphatic carbocycles. The van der Waals surface area contributed by atoms with Crippen molar-refractivity contribution in [1.29, 1.82) is 0 Å². The lowest BCUT2D eigenvalue weighted by molar-refractivity contribution is -0.137. The third-order valence-corrected chi connectivity index (χ3v) is 5.15. The minimum Gasteiger partial charge on any atom is -0.480 e. The van der Waals surface area contributed by atoms with Crippen LogP contribution in [0.2, 0.25) is 0 Å². The van der Waals surface area contributed by atoms with Gasteiger partial charge in [0.1, 0.15) is 6.54 Å². The van der Waals surface area contributed by atoms with Gasteiger partial charge in [-0.1, -0.05) is 6.07 Å². The molecule has 3 heterocycles. The van der Waals surface area contributed by atoms with E-state index in [2.05, 4.69) is 15.3 Å². The fraction of sp³-hybridized carbons (Fsp3) is 0.217. The maximum Gasteiger partial charge on any atom is 0.416 e. The summed E-state index contributed by atoms with van der Waals surface area (Å²) in [6.45, 7) is 1.39. The van der Waals surface area contributed by atoms with Crippen LogP contribution in [0.15, 0.2) is 48.7 Å². The van der Waals surface area contributed by atoms with E-state index >= 15 is 0 Å². The Morgan fingerprint density at radius 2 is 1.94 bits per heavy atom. The van der Waals surface area contributed by atoms with Crippen LogP contribution in [0.25, 0.3) is 11.1 Å². The number of alkyl halides is 3. The van der Waals surface area contributed by atoms with E-state index in [0.29, 0.717) is 34.1 Å². The number of fused-ring (bicyclic) bond motifs is 3. The quantitative estimate of drug-likeness (QED) is 0.642. The number of aryl methyl sites for hydroxylation is 1. The standard InChI is InChI=1S/C23H19F3N4O3/c1-13-10-18-21(22(28-13)33-2)16-4-3-9-27-17(16)11-20(32)30(18)12-19(31)29-15-7-5-14(6-8-15)23(24,25)26/h3-10H,11-12H2,1-2H3,(H,29,31). The molecule has 0 bridgehead atoms. The molecule has 1 N–H and O–H groups in total. The van der Waals surface area contributed by atoms with Gasteiger partial charge in [0, 0.05) is 23.1 Å². The molecule has 170 valence electrons. The lowest BCUT2D eigenvalue weighted by atomic mass is 10.0. The molecule has 0 radical (unpaired) electrons. The molecule has 7 nitrogen and oxygen atoms in total. The number of amides is 2. The van der Waals surface area contributed by atoms with E-state index in [1.807, 2.05) is 0 Å². The molecular weight excluding hydrogens is 437 g/mol. The number of aromatic nitrogens is 2. The van der Waals surface area contributed by atoms with E-state index in [0.717, 1.165) is 24.3 Å². The van der Waals surface area contributed by atoms with Crippen LogP contribution in [0.5, 0.6) is 5.88 Å². The van der Waals surface area contributed by atoms with Crippen molar-refractivity contribution in [3.8, 4) is 17.0 Å². The van der Waals surface area contributed by atoms with Crippen molar-refractivity contribution in [2.75, 3.05) is 23.9 Å². The number of carbonyl (C=O) groups excluding carboxylic acids is 2. The zero-order valence-corrected chi connectivity index (χ0v) is 17.7. The Morgan fingerprint density at radius 3 is 2.61 bits per heavy atom. The minimum absolute atomic E-state index is 0.0411. The molecule has 3 aromatic rings. The van der Waals surface area contributed by atoms with Crippen LogP contribution < -0.4 is 15.0 Å². The molecule has 0 atom stereocenters. The zero-order valence-electron chi connectivity index (χ0n) is 17.7. The second kappa shape index (κ2) is 8.53.